The molecule has 0 saturated heterocycles. The molecule has 158 valence electrons. The van der Waals surface area contributed by atoms with Gasteiger partial charge in [0.05, 0.1) is 0 Å². The minimum absolute atomic E-state index is 0.00281. The van der Waals surface area contributed by atoms with Gasteiger partial charge in [0.25, 0.3) is 0 Å². The van der Waals surface area contributed by atoms with E-state index in [1.807, 2.05) is 39.0 Å². The molecule has 3 nitrogen and oxygen atoms in total. The molecule has 29 heavy (non-hydrogen) atoms. The molecule has 0 spiro atoms. The van der Waals surface area contributed by atoms with Crippen molar-refractivity contribution in [3.05, 3.63) is 65.0 Å². The topological polar surface area (TPSA) is 35.5 Å². The zero-order chi connectivity index (χ0) is 21.4. The van der Waals surface area contributed by atoms with Gasteiger partial charge < -0.3 is 9.47 Å². The van der Waals surface area contributed by atoms with Gasteiger partial charge in [0.2, 0.25) is 0 Å². The van der Waals surface area contributed by atoms with Crippen molar-refractivity contribution in [1.82, 2.24) is 0 Å². The van der Waals surface area contributed by atoms with E-state index in [2.05, 4.69) is 0 Å². The maximum absolute atomic E-state index is 12.4. The summed E-state index contributed by atoms with van der Waals surface area (Å²) in [7, 11) is 0.0291. The second-order valence-electron chi connectivity index (χ2n) is 7.06. The minimum Gasteiger partial charge on any atom is -0.485 e. The molecule has 0 heterocycles. The monoisotopic (exact) mass is 426 g/mol. The van der Waals surface area contributed by atoms with Gasteiger partial charge in [0.1, 0.15) is 11.5 Å². The third kappa shape index (κ3) is 8.86. The largest absolute Gasteiger partial charge is 0.485 e. The van der Waals surface area contributed by atoms with Crippen LogP contribution in [0.2, 0.25) is 0 Å². The molecule has 2 atom stereocenters. The van der Waals surface area contributed by atoms with Gasteiger partial charge in [-0.15, -0.1) is 0 Å². The second-order valence-corrected chi connectivity index (χ2v) is 8.77. The number of halogens is 3. The predicted molar refractivity (Wildman–Crippen MR) is 111 cm³/mol. The Morgan fingerprint density at radius 3 is 2.48 bits per heavy atom. The van der Waals surface area contributed by atoms with Gasteiger partial charge in [-0.1, -0.05) is 30.7 Å². The normalized spacial score (nSPS) is 16.1. The number of carbonyl (C=O) groups excluding carboxylic acids is 1. The molecule has 1 aromatic carbocycles. The van der Waals surface area contributed by atoms with E-state index >= 15 is 0 Å². The zero-order valence-electron chi connectivity index (χ0n) is 16.8. The molecule has 7 heteroatoms. The van der Waals surface area contributed by atoms with E-state index in [1.54, 1.807) is 18.2 Å². The number of rotatable bonds is 8. The fraction of sp³-hybridized carbons (Fsp3) is 0.409. The lowest BCUT2D eigenvalue weighted by Gasteiger charge is -2.17. The number of hydrogen-bond acceptors (Lipinski definition) is 3. The van der Waals surface area contributed by atoms with Crippen molar-refractivity contribution < 1.29 is 27.4 Å². The first kappa shape index (κ1) is 23.2. The van der Waals surface area contributed by atoms with E-state index in [0.717, 1.165) is 23.1 Å². The lowest BCUT2D eigenvalue weighted by Crippen LogP contribution is -2.16. The summed E-state index contributed by atoms with van der Waals surface area (Å²) in [5.41, 5.74) is 3.17. The standard InChI is InChI=1S/C22H26F3O3P/c1-15-10-16(2)12-20(11-15)27-13-21(26)29-17(3)18-6-4-5-7-19(9-8-18)28-14-22(23,24)25/h5,7-12,17,29H,4,6,13-14H2,1-3H3. The van der Waals surface area contributed by atoms with E-state index in [4.69, 9.17) is 9.47 Å². The number of ether oxygens (including phenoxy) is 2. The predicted octanol–water partition coefficient (Wildman–Crippen LogP) is 6.02. The molecule has 0 saturated carbocycles. The van der Waals surface area contributed by atoms with E-state index in [9.17, 15) is 18.0 Å². The van der Waals surface area contributed by atoms with Crippen LogP contribution < -0.4 is 4.74 Å². The van der Waals surface area contributed by atoms with Crippen LogP contribution in [-0.2, 0) is 9.53 Å². The van der Waals surface area contributed by atoms with Crippen LogP contribution in [0.5, 0.6) is 5.75 Å². The molecule has 0 aliphatic heterocycles. The van der Waals surface area contributed by atoms with E-state index in [0.29, 0.717) is 12.2 Å². The van der Waals surface area contributed by atoms with Crippen LogP contribution in [-0.4, -0.2) is 30.6 Å². The first-order valence-corrected chi connectivity index (χ1v) is 10.5. The van der Waals surface area contributed by atoms with Crippen LogP contribution in [0.3, 0.4) is 0 Å². The number of carbonyl (C=O) groups is 1. The second kappa shape index (κ2) is 10.6. The Hall–Kier alpha value is -2.07. The third-order valence-corrected chi connectivity index (χ3v) is 5.51. The van der Waals surface area contributed by atoms with Gasteiger partial charge in [0.15, 0.2) is 18.7 Å². The van der Waals surface area contributed by atoms with Crippen LogP contribution in [0.1, 0.15) is 30.9 Å². The van der Waals surface area contributed by atoms with Gasteiger partial charge in [0, 0.05) is 5.66 Å². The minimum atomic E-state index is -4.37. The molecule has 0 N–H and O–H groups in total. The fourth-order valence-electron chi connectivity index (χ4n) is 2.94. The average Bonchev–Trinajstić information content (AvgIpc) is 2.57. The molecular formula is C22H26F3O3P. The van der Waals surface area contributed by atoms with Crippen molar-refractivity contribution in [1.29, 1.82) is 0 Å². The van der Waals surface area contributed by atoms with E-state index in [1.165, 1.54) is 6.08 Å². The Morgan fingerprint density at radius 1 is 1.14 bits per heavy atom. The molecule has 2 unspecified atom stereocenters. The quantitative estimate of drug-likeness (QED) is 0.477. The lowest BCUT2D eigenvalue weighted by atomic mass is 10.0. The van der Waals surface area contributed by atoms with E-state index < -0.39 is 12.8 Å². The Bertz CT molecular complexity index is 790. The SMILES string of the molecule is Cc1cc(C)cc(OCC(=O)PC(C)C2=CC=C(OCC(F)(F)F)C=CCC2)c1. The zero-order valence-corrected chi connectivity index (χ0v) is 17.8. The molecule has 0 radical (unpaired) electrons. The summed E-state index contributed by atoms with van der Waals surface area (Å²) in [5, 5.41) is 0. The number of allylic oxidation sites excluding steroid dienone is 5. The van der Waals surface area contributed by atoms with Crippen molar-refractivity contribution in [3.63, 3.8) is 0 Å². The highest BCUT2D eigenvalue weighted by Crippen LogP contribution is 2.30. The maximum Gasteiger partial charge on any atom is 0.422 e. The van der Waals surface area contributed by atoms with Gasteiger partial charge >= 0.3 is 6.18 Å². The summed E-state index contributed by atoms with van der Waals surface area (Å²) < 4.78 is 47.5. The molecule has 0 amide bonds. The maximum atomic E-state index is 12.4. The number of alkyl halides is 3. The van der Waals surface area contributed by atoms with Crippen LogP contribution in [0.4, 0.5) is 13.2 Å². The number of aryl methyl sites for hydroxylation is 2. The smallest absolute Gasteiger partial charge is 0.422 e. The Balaban J connectivity index is 1.92. The molecular weight excluding hydrogens is 400 g/mol. The Kier molecular flexibility index (Phi) is 8.51. The lowest BCUT2D eigenvalue weighted by molar-refractivity contribution is -0.163. The summed E-state index contributed by atoms with van der Waals surface area (Å²) in [5.74, 6) is 0.845. The Morgan fingerprint density at radius 2 is 1.83 bits per heavy atom. The number of benzene rings is 1. The molecule has 0 fully saturated rings. The highest BCUT2D eigenvalue weighted by molar-refractivity contribution is 7.58. The van der Waals surface area contributed by atoms with Crippen LogP contribution in [0.15, 0.2) is 53.8 Å². The van der Waals surface area contributed by atoms with Crippen LogP contribution >= 0.6 is 8.58 Å². The summed E-state index contributed by atoms with van der Waals surface area (Å²) in [6.07, 6.45) is 3.70. The fourth-order valence-corrected chi connectivity index (χ4v) is 4.01. The summed E-state index contributed by atoms with van der Waals surface area (Å²) in [4.78, 5) is 12.4. The van der Waals surface area contributed by atoms with E-state index in [-0.39, 0.29) is 32.1 Å². The highest BCUT2D eigenvalue weighted by Gasteiger charge is 2.28. The molecule has 0 aromatic heterocycles. The summed E-state index contributed by atoms with van der Waals surface area (Å²) >= 11 is 0. The van der Waals surface area contributed by atoms with Crippen molar-refractivity contribution in [3.8, 4) is 5.75 Å². The number of hydrogen-bond donors (Lipinski definition) is 0. The first-order valence-electron chi connectivity index (χ1n) is 9.40. The first-order chi connectivity index (χ1) is 13.6. The highest BCUT2D eigenvalue weighted by atomic mass is 31.1. The third-order valence-electron chi connectivity index (χ3n) is 4.24. The average molecular weight is 426 g/mol. The van der Waals surface area contributed by atoms with Crippen LogP contribution in [0, 0.1) is 13.8 Å². The molecule has 1 aliphatic rings. The van der Waals surface area contributed by atoms with Crippen LogP contribution in [0.25, 0.3) is 0 Å². The van der Waals surface area contributed by atoms with Gasteiger partial charge in [-0.05, 0) is 70.7 Å². The van der Waals surface area contributed by atoms with Gasteiger partial charge in [-0.3, -0.25) is 4.79 Å². The summed E-state index contributed by atoms with van der Waals surface area (Å²) in [6, 6.07) is 5.82. The van der Waals surface area contributed by atoms with Gasteiger partial charge in [-0.25, -0.2) is 0 Å². The molecule has 1 aliphatic carbocycles. The van der Waals surface area contributed by atoms with Crippen molar-refractivity contribution >= 4 is 14.1 Å². The van der Waals surface area contributed by atoms with Gasteiger partial charge in [-0.2, -0.15) is 13.2 Å². The van der Waals surface area contributed by atoms with Crippen molar-refractivity contribution in [2.24, 2.45) is 0 Å². The summed E-state index contributed by atoms with van der Waals surface area (Å²) in [6.45, 7) is 4.59. The molecule has 1 aromatic rings. The van der Waals surface area contributed by atoms with Crippen molar-refractivity contribution in [2.45, 2.75) is 45.4 Å². The van der Waals surface area contributed by atoms with Crippen molar-refractivity contribution in [2.75, 3.05) is 13.2 Å². The molecule has 0 bridgehead atoms. The Labute approximate surface area is 171 Å². The molecule has 2 rings (SSSR count).